The number of amides is 1. The van der Waals surface area contributed by atoms with Gasteiger partial charge in [0.2, 0.25) is 0 Å². The van der Waals surface area contributed by atoms with Crippen molar-refractivity contribution in [3.63, 3.8) is 0 Å². The van der Waals surface area contributed by atoms with Gasteiger partial charge in [-0.05, 0) is 59.0 Å². The van der Waals surface area contributed by atoms with Gasteiger partial charge in [-0.25, -0.2) is 4.98 Å². The van der Waals surface area contributed by atoms with E-state index < -0.39 is 0 Å². The molecule has 1 amide bonds. The van der Waals surface area contributed by atoms with Gasteiger partial charge in [-0.3, -0.25) is 14.7 Å². The molecule has 0 N–H and O–H groups in total. The first-order chi connectivity index (χ1) is 16.2. The Bertz CT molecular complexity index is 1450. The average Bonchev–Trinajstić information content (AvgIpc) is 3.29. The van der Waals surface area contributed by atoms with Crippen LogP contribution in [0.15, 0.2) is 84.0 Å². The molecule has 2 heterocycles. The van der Waals surface area contributed by atoms with Crippen molar-refractivity contribution in [2.24, 2.45) is 0 Å². The molecular formula is C26H21N3O2S2. The van der Waals surface area contributed by atoms with Gasteiger partial charge < -0.3 is 4.74 Å². The number of thiazole rings is 1. The number of hydrogen-bond donors (Lipinski definition) is 0. The third kappa shape index (κ3) is 4.29. The lowest BCUT2D eigenvalue weighted by Gasteiger charge is -2.21. The Morgan fingerprint density at radius 2 is 1.88 bits per heavy atom. The molecule has 0 aliphatic rings. The van der Waals surface area contributed by atoms with Crippen LogP contribution < -0.4 is 9.64 Å². The molecule has 5 aromatic rings. The van der Waals surface area contributed by atoms with Crippen LogP contribution in [0, 0.1) is 0 Å². The lowest BCUT2D eigenvalue weighted by molar-refractivity contribution is 0.0982. The van der Waals surface area contributed by atoms with Crippen LogP contribution in [0.1, 0.15) is 15.9 Å². The summed E-state index contributed by atoms with van der Waals surface area (Å²) in [4.78, 5) is 25.9. The van der Waals surface area contributed by atoms with Gasteiger partial charge in [0.1, 0.15) is 5.75 Å². The highest BCUT2D eigenvalue weighted by Gasteiger charge is 2.25. The standard InChI is InChI=1S/C26H21N3O2S2/c1-31-23-13-19-8-4-3-7-18(19)12-21(23)25(30)29(16-17-6-5-11-27-15-17)26-28-22-10-9-20(32-2)14-24(22)33-26/h3-15H,16H2,1-2H3. The Morgan fingerprint density at radius 3 is 2.61 bits per heavy atom. The molecule has 0 saturated heterocycles. The Hall–Kier alpha value is -3.42. The van der Waals surface area contributed by atoms with Gasteiger partial charge in [0.05, 0.1) is 29.4 Å². The first-order valence-electron chi connectivity index (χ1n) is 10.4. The van der Waals surface area contributed by atoms with E-state index >= 15 is 0 Å². The predicted octanol–water partition coefficient (Wildman–Crippen LogP) is 6.42. The summed E-state index contributed by atoms with van der Waals surface area (Å²) in [5.41, 5.74) is 2.31. The number of pyridine rings is 1. The summed E-state index contributed by atoms with van der Waals surface area (Å²) in [6.45, 7) is 0.359. The first-order valence-corrected chi connectivity index (χ1v) is 12.4. The van der Waals surface area contributed by atoms with Crippen molar-refractivity contribution in [3.05, 3.63) is 90.3 Å². The number of carbonyl (C=O) groups is 1. The molecule has 0 radical (unpaired) electrons. The van der Waals surface area contributed by atoms with Crippen LogP contribution in [0.25, 0.3) is 21.0 Å². The fraction of sp³-hybridized carbons (Fsp3) is 0.115. The molecule has 5 nitrogen and oxygen atoms in total. The van der Waals surface area contributed by atoms with Crippen LogP contribution in [-0.4, -0.2) is 29.2 Å². The number of rotatable bonds is 6. The molecule has 0 bridgehead atoms. The first kappa shape index (κ1) is 21.4. The van der Waals surface area contributed by atoms with Crippen LogP contribution >= 0.6 is 23.1 Å². The minimum atomic E-state index is -0.161. The summed E-state index contributed by atoms with van der Waals surface area (Å²) < 4.78 is 6.67. The maximum atomic E-state index is 14.0. The van der Waals surface area contributed by atoms with Crippen LogP contribution in [0.2, 0.25) is 0 Å². The number of fused-ring (bicyclic) bond motifs is 2. The van der Waals surface area contributed by atoms with Gasteiger partial charge in [-0.15, -0.1) is 11.8 Å². The maximum Gasteiger partial charge on any atom is 0.264 e. The number of carbonyl (C=O) groups excluding carboxylic acids is 1. The molecule has 0 unspecified atom stereocenters. The van der Waals surface area contributed by atoms with Gasteiger partial charge in [0.15, 0.2) is 5.13 Å². The monoisotopic (exact) mass is 471 g/mol. The summed E-state index contributed by atoms with van der Waals surface area (Å²) in [6.07, 6.45) is 5.55. The zero-order valence-electron chi connectivity index (χ0n) is 18.2. The molecular weight excluding hydrogens is 450 g/mol. The van der Waals surface area contributed by atoms with E-state index in [2.05, 4.69) is 17.1 Å². The van der Waals surface area contributed by atoms with Gasteiger partial charge in [0.25, 0.3) is 5.91 Å². The van der Waals surface area contributed by atoms with Crippen molar-refractivity contribution in [2.45, 2.75) is 11.4 Å². The van der Waals surface area contributed by atoms with Gasteiger partial charge in [-0.2, -0.15) is 0 Å². The molecule has 0 saturated carbocycles. The number of methoxy groups -OCH3 is 1. The molecule has 0 fully saturated rings. The van der Waals surface area contributed by atoms with Crippen molar-refractivity contribution in [1.82, 2.24) is 9.97 Å². The number of thioether (sulfide) groups is 1. The molecule has 0 aliphatic heterocycles. The lowest BCUT2D eigenvalue weighted by atomic mass is 10.0. The molecule has 33 heavy (non-hydrogen) atoms. The van der Waals surface area contributed by atoms with E-state index in [-0.39, 0.29) is 5.91 Å². The summed E-state index contributed by atoms with van der Waals surface area (Å²) in [6, 6.07) is 21.8. The average molecular weight is 472 g/mol. The second kappa shape index (κ2) is 9.21. The molecule has 0 atom stereocenters. The molecule has 7 heteroatoms. The highest BCUT2D eigenvalue weighted by Crippen LogP contribution is 2.35. The van der Waals surface area contributed by atoms with E-state index in [1.54, 1.807) is 36.2 Å². The Kier molecular flexibility index (Phi) is 5.98. The number of nitrogens with zero attached hydrogens (tertiary/aromatic N) is 3. The van der Waals surface area contributed by atoms with Crippen LogP contribution in [0.3, 0.4) is 0 Å². The van der Waals surface area contributed by atoms with E-state index in [0.717, 1.165) is 26.6 Å². The molecule has 2 aromatic heterocycles. The van der Waals surface area contributed by atoms with E-state index in [1.165, 1.54) is 16.2 Å². The van der Waals surface area contributed by atoms with Crippen LogP contribution in [0.4, 0.5) is 5.13 Å². The smallest absolute Gasteiger partial charge is 0.264 e. The van der Waals surface area contributed by atoms with E-state index in [1.807, 2.05) is 60.9 Å². The number of hydrogen-bond acceptors (Lipinski definition) is 6. The summed E-state index contributed by atoms with van der Waals surface area (Å²) in [5.74, 6) is 0.381. The predicted molar refractivity (Wildman–Crippen MR) is 137 cm³/mol. The van der Waals surface area contributed by atoms with Gasteiger partial charge in [0, 0.05) is 17.3 Å². The summed E-state index contributed by atoms with van der Waals surface area (Å²) in [7, 11) is 1.59. The third-order valence-electron chi connectivity index (χ3n) is 5.42. The largest absolute Gasteiger partial charge is 0.496 e. The quantitative estimate of drug-likeness (QED) is 0.267. The Labute approximate surface area is 200 Å². The third-order valence-corrected chi connectivity index (χ3v) is 7.19. The summed E-state index contributed by atoms with van der Waals surface area (Å²) >= 11 is 3.20. The molecule has 0 aliphatic carbocycles. The summed E-state index contributed by atoms with van der Waals surface area (Å²) in [5, 5.41) is 2.65. The van der Waals surface area contributed by atoms with Crippen molar-refractivity contribution < 1.29 is 9.53 Å². The van der Waals surface area contributed by atoms with E-state index in [9.17, 15) is 4.79 Å². The van der Waals surface area contributed by atoms with Crippen LogP contribution in [0.5, 0.6) is 5.75 Å². The highest BCUT2D eigenvalue weighted by atomic mass is 32.2. The SMILES string of the molecule is COc1cc2ccccc2cc1C(=O)N(Cc1cccnc1)c1nc2ccc(SC)cc2s1. The maximum absolute atomic E-state index is 14.0. The van der Waals surface area contributed by atoms with Crippen molar-refractivity contribution >= 4 is 55.1 Å². The van der Waals surface area contributed by atoms with Gasteiger partial charge >= 0.3 is 0 Å². The molecule has 5 rings (SSSR count). The minimum Gasteiger partial charge on any atom is -0.496 e. The number of anilines is 1. The fourth-order valence-corrected chi connectivity index (χ4v) is 5.25. The Balaban J connectivity index is 1.63. The van der Waals surface area contributed by atoms with E-state index in [0.29, 0.717) is 23.0 Å². The lowest BCUT2D eigenvalue weighted by Crippen LogP contribution is -2.30. The molecule has 3 aromatic carbocycles. The zero-order valence-corrected chi connectivity index (χ0v) is 19.8. The highest BCUT2D eigenvalue weighted by molar-refractivity contribution is 7.98. The molecule has 164 valence electrons. The second-order valence-electron chi connectivity index (χ2n) is 7.48. The number of ether oxygens (including phenoxy) is 1. The topological polar surface area (TPSA) is 55.3 Å². The molecule has 0 spiro atoms. The van der Waals surface area contributed by atoms with Crippen LogP contribution in [-0.2, 0) is 6.54 Å². The fourth-order valence-electron chi connectivity index (χ4n) is 3.74. The van der Waals surface area contributed by atoms with E-state index in [4.69, 9.17) is 9.72 Å². The minimum absolute atomic E-state index is 0.161. The normalized spacial score (nSPS) is 11.1. The second-order valence-corrected chi connectivity index (χ2v) is 9.37. The Morgan fingerprint density at radius 1 is 1.06 bits per heavy atom. The number of aromatic nitrogens is 2. The van der Waals surface area contributed by atoms with Crippen molar-refractivity contribution in [2.75, 3.05) is 18.3 Å². The van der Waals surface area contributed by atoms with Crippen molar-refractivity contribution in [1.29, 1.82) is 0 Å². The van der Waals surface area contributed by atoms with Crippen molar-refractivity contribution in [3.8, 4) is 5.75 Å². The number of benzene rings is 3. The van der Waals surface area contributed by atoms with Gasteiger partial charge in [-0.1, -0.05) is 41.7 Å². The zero-order chi connectivity index (χ0) is 22.8.